The van der Waals surface area contributed by atoms with Gasteiger partial charge in [-0.3, -0.25) is 0 Å². The molecule has 3 unspecified atom stereocenters. The van der Waals surface area contributed by atoms with Crippen LogP contribution in [0.2, 0.25) is 0 Å². The third-order valence-corrected chi connectivity index (χ3v) is 5.54. The summed E-state index contributed by atoms with van der Waals surface area (Å²) >= 11 is 2.17. The second-order valence-corrected chi connectivity index (χ2v) is 7.43. The van der Waals surface area contributed by atoms with Gasteiger partial charge in [-0.1, -0.05) is 19.8 Å². The van der Waals surface area contributed by atoms with Gasteiger partial charge in [0, 0.05) is 17.3 Å². The topological polar surface area (TPSA) is 12.0 Å². The van der Waals surface area contributed by atoms with E-state index in [9.17, 15) is 0 Å². The Kier molecular flexibility index (Phi) is 4.00. The van der Waals surface area contributed by atoms with E-state index >= 15 is 0 Å². The Bertz CT molecular complexity index is 199. The summed E-state index contributed by atoms with van der Waals surface area (Å²) in [5.74, 6) is 2.32. The Labute approximate surface area is 98.8 Å². The molecule has 1 aliphatic heterocycles. The summed E-state index contributed by atoms with van der Waals surface area (Å²) in [7, 11) is 0. The van der Waals surface area contributed by atoms with Crippen molar-refractivity contribution in [3.05, 3.63) is 0 Å². The van der Waals surface area contributed by atoms with E-state index in [2.05, 4.69) is 30.9 Å². The smallest absolute Gasteiger partial charge is 0.0256 e. The molecule has 0 bridgehead atoms. The first-order valence-electron chi connectivity index (χ1n) is 6.55. The summed E-state index contributed by atoms with van der Waals surface area (Å²) in [6.07, 6.45) is 8.52. The van der Waals surface area contributed by atoms with Gasteiger partial charge in [-0.2, -0.15) is 11.8 Å². The molecule has 2 fully saturated rings. The van der Waals surface area contributed by atoms with Gasteiger partial charge < -0.3 is 5.32 Å². The largest absolute Gasteiger partial charge is 0.313 e. The molecule has 0 amide bonds. The summed E-state index contributed by atoms with van der Waals surface area (Å²) in [4.78, 5) is 0. The summed E-state index contributed by atoms with van der Waals surface area (Å²) in [5.41, 5.74) is 0. The molecule has 0 radical (unpaired) electrons. The molecule has 2 heteroatoms. The average Bonchev–Trinajstić information content (AvgIpc) is 2.63. The molecule has 88 valence electrons. The van der Waals surface area contributed by atoms with E-state index in [1.165, 1.54) is 50.8 Å². The highest BCUT2D eigenvalue weighted by atomic mass is 32.2. The van der Waals surface area contributed by atoms with Crippen molar-refractivity contribution >= 4 is 11.8 Å². The molecular weight excluding hydrogens is 202 g/mol. The van der Waals surface area contributed by atoms with Crippen LogP contribution in [0.15, 0.2) is 0 Å². The zero-order valence-corrected chi connectivity index (χ0v) is 11.0. The van der Waals surface area contributed by atoms with Gasteiger partial charge in [-0.05, 0) is 44.3 Å². The van der Waals surface area contributed by atoms with E-state index in [1.807, 2.05) is 0 Å². The van der Waals surface area contributed by atoms with Crippen LogP contribution in [0.1, 0.15) is 52.4 Å². The molecule has 0 spiro atoms. The second kappa shape index (κ2) is 5.09. The van der Waals surface area contributed by atoms with Gasteiger partial charge in [-0.15, -0.1) is 0 Å². The number of rotatable bonds is 3. The molecule has 1 aliphatic carbocycles. The van der Waals surface area contributed by atoms with Gasteiger partial charge in [0.05, 0.1) is 0 Å². The quantitative estimate of drug-likeness (QED) is 0.792. The van der Waals surface area contributed by atoms with Crippen molar-refractivity contribution in [1.82, 2.24) is 5.32 Å². The van der Waals surface area contributed by atoms with Gasteiger partial charge in [0.2, 0.25) is 0 Å². The minimum Gasteiger partial charge on any atom is -0.313 e. The van der Waals surface area contributed by atoms with E-state index in [1.54, 1.807) is 0 Å². The lowest BCUT2D eigenvalue weighted by Gasteiger charge is -2.31. The summed E-state index contributed by atoms with van der Waals surface area (Å²) in [5, 5.41) is 3.81. The van der Waals surface area contributed by atoms with Crippen LogP contribution >= 0.6 is 11.8 Å². The number of hydrogen-bond acceptors (Lipinski definition) is 2. The van der Waals surface area contributed by atoms with E-state index in [0.29, 0.717) is 4.75 Å². The fraction of sp³-hybridized carbons (Fsp3) is 1.00. The first-order valence-corrected chi connectivity index (χ1v) is 7.54. The van der Waals surface area contributed by atoms with Crippen molar-refractivity contribution in [3.63, 3.8) is 0 Å². The lowest BCUT2D eigenvalue weighted by Crippen LogP contribution is -2.41. The van der Waals surface area contributed by atoms with E-state index < -0.39 is 0 Å². The lowest BCUT2D eigenvalue weighted by atomic mass is 9.87. The summed E-state index contributed by atoms with van der Waals surface area (Å²) in [6, 6.07) is 0.812. The van der Waals surface area contributed by atoms with Crippen LogP contribution in [-0.4, -0.2) is 23.1 Å². The maximum Gasteiger partial charge on any atom is 0.0256 e. The summed E-state index contributed by atoms with van der Waals surface area (Å²) in [6.45, 7) is 6.07. The Morgan fingerprint density at radius 2 is 2.20 bits per heavy atom. The molecule has 1 saturated heterocycles. The highest BCUT2D eigenvalue weighted by Crippen LogP contribution is 2.37. The first kappa shape index (κ1) is 11.8. The van der Waals surface area contributed by atoms with Crippen LogP contribution in [0, 0.1) is 5.92 Å². The van der Waals surface area contributed by atoms with Crippen LogP contribution < -0.4 is 5.32 Å². The fourth-order valence-electron chi connectivity index (χ4n) is 2.96. The van der Waals surface area contributed by atoms with Crippen LogP contribution in [-0.2, 0) is 0 Å². The van der Waals surface area contributed by atoms with Crippen LogP contribution in [0.3, 0.4) is 0 Å². The first-order chi connectivity index (χ1) is 7.18. The van der Waals surface area contributed by atoms with E-state index in [4.69, 9.17) is 0 Å². The minimum atomic E-state index is 0.542. The third kappa shape index (κ3) is 3.39. The van der Waals surface area contributed by atoms with Crippen molar-refractivity contribution in [3.8, 4) is 0 Å². The molecule has 2 rings (SSSR count). The molecule has 2 aliphatic rings. The number of thioether (sulfide) groups is 1. The molecule has 1 heterocycles. The maximum absolute atomic E-state index is 3.81. The SMILES string of the molecule is CC1CCCC(NCC2(C)CCCS2)C1. The van der Waals surface area contributed by atoms with Gasteiger partial charge in [-0.25, -0.2) is 0 Å². The van der Waals surface area contributed by atoms with Crippen LogP contribution in [0.25, 0.3) is 0 Å². The summed E-state index contributed by atoms with van der Waals surface area (Å²) < 4.78 is 0.542. The van der Waals surface area contributed by atoms with Crippen molar-refractivity contribution in [2.75, 3.05) is 12.3 Å². The van der Waals surface area contributed by atoms with Gasteiger partial charge in [0.1, 0.15) is 0 Å². The van der Waals surface area contributed by atoms with Gasteiger partial charge in [0.15, 0.2) is 0 Å². The molecule has 0 aromatic carbocycles. The predicted octanol–water partition coefficient (Wildman–Crippen LogP) is 3.44. The van der Waals surface area contributed by atoms with Crippen LogP contribution in [0.4, 0.5) is 0 Å². The molecule has 1 N–H and O–H groups in total. The number of nitrogens with one attached hydrogen (secondary N) is 1. The second-order valence-electron chi connectivity index (χ2n) is 5.75. The Morgan fingerprint density at radius 1 is 1.33 bits per heavy atom. The van der Waals surface area contributed by atoms with Crippen molar-refractivity contribution < 1.29 is 0 Å². The Morgan fingerprint density at radius 3 is 2.87 bits per heavy atom. The molecule has 1 nitrogen and oxygen atoms in total. The zero-order chi connectivity index (χ0) is 10.7. The standard InChI is InChI=1S/C13H25NS/c1-11-5-3-6-12(9-11)14-10-13(2)7-4-8-15-13/h11-12,14H,3-10H2,1-2H3. The van der Waals surface area contributed by atoms with Crippen molar-refractivity contribution in [2.24, 2.45) is 5.92 Å². The highest BCUT2D eigenvalue weighted by molar-refractivity contribution is 8.00. The molecular formula is C13H25NS. The minimum absolute atomic E-state index is 0.542. The third-order valence-electron chi connectivity index (χ3n) is 4.00. The van der Waals surface area contributed by atoms with Crippen molar-refractivity contribution in [1.29, 1.82) is 0 Å². The predicted molar refractivity (Wildman–Crippen MR) is 69.5 cm³/mol. The monoisotopic (exact) mass is 227 g/mol. The highest BCUT2D eigenvalue weighted by Gasteiger charge is 2.30. The maximum atomic E-state index is 3.81. The van der Waals surface area contributed by atoms with Gasteiger partial charge in [0.25, 0.3) is 0 Å². The van der Waals surface area contributed by atoms with Crippen LogP contribution in [0.5, 0.6) is 0 Å². The number of hydrogen-bond donors (Lipinski definition) is 1. The van der Waals surface area contributed by atoms with Gasteiger partial charge >= 0.3 is 0 Å². The fourth-order valence-corrected chi connectivity index (χ4v) is 4.21. The van der Waals surface area contributed by atoms with Crippen molar-refractivity contribution in [2.45, 2.75) is 63.2 Å². The average molecular weight is 227 g/mol. The van der Waals surface area contributed by atoms with E-state index in [-0.39, 0.29) is 0 Å². The molecule has 15 heavy (non-hydrogen) atoms. The Hall–Kier alpha value is 0.310. The molecule has 1 saturated carbocycles. The van der Waals surface area contributed by atoms with E-state index in [0.717, 1.165) is 12.0 Å². The molecule has 0 aromatic rings. The molecule has 0 aromatic heterocycles. The lowest BCUT2D eigenvalue weighted by molar-refractivity contribution is 0.295. The normalized spacial score (nSPS) is 42.0. The Balaban J connectivity index is 1.72. The zero-order valence-electron chi connectivity index (χ0n) is 10.2. The molecule has 3 atom stereocenters.